The zero-order chi connectivity index (χ0) is 7.84. The van der Waals surface area contributed by atoms with Crippen LogP contribution in [0.4, 0.5) is 0 Å². The van der Waals surface area contributed by atoms with Gasteiger partial charge in [-0.2, -0.15) is 0 Å². The maximum absolute atomic E-state index is 6.14. The molecule has 0 saturated heterocycles. The van der Waals surface area contributed by atoms with Crippen molar-refractivity contribution in [3.63, 3.8) is 0 Å². The highest BCUT2D eigenvalue weighted by Crippen LogP contribution is 2.43. The average Bonchev–Trinajstić information content (AvgIpc) is 1.82. The molecule has 2 saturated carbocycles. The van der Waals surface area contributed by atoms with Gasteiger partial charge in [-0.05, 0) is 43.9 Å². The van der Waals surface area contributed by atoms with Gasteiger partial charge in [0.2, 0.25) is 0 Å². The molecule has 0 aromatic heterocycles. The number of hydrogen-bond acceptors (Lipinski definition) is 0. The van der Waals surface area contributed by atoms with Crippen molar-refractivity contribution in [2.45, 2.75) is 37.5 Å². The van der Waals surface area contributed by atoms with E-state index in [0.29, 0.717) is 5.38 Å². The van der Waals surface area contributed by atoms with Crippen molar-refractivity contribution in [2.24, 2.45) is 11.8 Å². The number of fused-ring (bicyclic) bond motifs is 2. The van der Waals surface area contributed by atoms with Gasteiger partial charge in [0.1, 0.15) is 0 Å². The summed E-state index contributed by atoms with van der Waals surface area (Å²) in [6, 6.07) is 0. The van der Waals surface area contributed by atoms with Crippen LogP contribution in [-0.4, -0.2) is 5.38 Å². The van der Waals surface area contributed by atoms with Crippen molar-refractivity contribution in [3.05, 3.63) is 12.2 Å². The topological polar surface area (TPSA) is 0 Å². The lowest BCUT2D eigenvalue weighted by atomic mass is 9.70. The third-order valence-electron chi connectivity index (χ3n) is 3.00. The molecule has 0 nitrogen and oxygen atoms in total. The summed E-state index contributed by atoms with van der Waals surface area (Å²) in [5.41, 5.74) is 1.47. The van der Waals surface area contributed by atoms with Crippen molar-refractivity contribution >= 4 is 11.6 Å². The SMILES string of the molecule is C=C1CC2CC(Cl)CC(C1)C2. The van der Waals surface area contributed by atoms with Gasteiger partial charge < -0.3 is 0 Å². The van der Waals surface area contributed by atoms with Crippen LogP contribution in [0.5, 0.6) is 0 Å². The molecule has 2 unspecified atom stereocenters. The quantitative estimate of drug-likeness (QED) is 0.386. The average molecular weight is 171 g/mol. The van der Waals surface area contributed by atoms with Gasteiger partial charge in [0, 0.05) is 5.38 Å². The lowest BCUT2D eigenvalue weighted by Gasteiger charge is -2.37. The molecule has 2 bridgehead atoms. The molecule has 0 spiro atoms. The molecule has 0 aromatic rings. The summed E-state index contributed by atoms with van der Waals surface area (Å²) in [6.07, 6.45) is 6.38. The molecule has 2 aliphatic rings. The summed E-state index contributed by atoms with van der Waals surface area (Å²) in [5, 5.41) is 0.465. The Hall–Kier alpha value is 0.0300. The van der Waals surface area contributed by atoms with E-state index in [2.05, 4.69) is 6.58 Å². The Bertz CT molecular complexity index is 154. The fourth-order valence-electron chi connectivity index (χ4n) is 2.72. The first kappa shape index (κ1) is 7.67. The van der Waals surface area contributed by atoms with Crippen LogP contribution in [0.25, 0.3) is 0 Å². The lowest BCUT2D eigenvalue weighted by molar-refractivity contribution is 0.233. The number of allylic oxidation sites excluding steroid dienone is 1. The summed E-state index contributed by atoms with van der Waals surface area (Å²) < 4.78 is 0. The lowest BCUT2D eigenvalue weighted by Crippen LogP contribution is -2.27. The predicted molar refractivity (Wildman–Crippen MR) is 48.8 cm³/mol. The van der Waals surface area contributed by atoms with E-state index in [-0.39, 0.29) is 0 Å². The van der Waals surface area contributed by atoms with Crippen molar-refractivity contribution < 1.29 is 0 Å². The van der Waals surface area contributed by atoms with E-state index in [1.807, 2.05) is 0 Å². The van der Waals surface area contributed by atoms with E-state index in [4.69, 9.17) is 11.6 Å². The maximum atomic E-state index is 6.14. The molecule has 0 amide bonds. The van der Waals surface area contributed by atoms with Gasteiger partial charge in [-0.15, -0.1) is 11.6 Å². The first-order valence-electron chi connectivity index (χ1n) is 4.54. The van der Waals surface area contributed by atoms with E-state index in [1.54, 1.807) is 0 Å². The largest absolute Gasteiger partial charge is 0.123 e. The zero-order valence-corrected chi connectivity index (χ0v) is 7.61. The Balaban J connectivity index is 2.05. The second kappa shape index (κ2) is 2.82. The van der Waals surface area contributed by atoms with Crippen LogP contribution in [0.1, 0.15) is 32.1 Å². The third kappa shape index (κ3) is 1.61. The second-order valence-electron chi connectivity index (χ2n) is 4.19. The van der Waals surface area contributed by atoms with Crippen LogP contribution in [0.15, 0.2) is 12.2 Å². The molecule has 0 aromatic carbocycles. The molecular weight excluding hydrogens is 156 g/mol. The first-order chi connectivity index (χ1) is 5.24. The maximum Gasteiger partial charge on any atom is 0.0341 e. The molecule has 2 aliphatic carbocycles. The highest BCUT2D eigenvalue weighted by molar-refractivity contribution is 6.20. The van der Waals surface area contributed by atoms with Gasteiger partial charge in [0.05, 0.1) is 0 Å². The molecule has 2 atom stereocenters. The molecule has 0 N–H and O–H groups in total. The molecule has 2 rings (SSSR count). The van der Waals surface area contributed by atoms with Gasteiger partial charge in [0.25, 0.3) is 0 Å². The summed E-state index contributed by atoms with van der Waals surface area (Å²) in [4.78, 5) is 0. The molecule has 0 aliphatic heterocycles. The summed E-state index contributed by atoms with van der Waals surface area (Å²) in [7, 11) is 0. The van der Waals surface area contributed by atoms with Crippen molar-refractivity contribution in [3.8, 4) is 0 Å². The number of halogens is 1. The van der Waals surface area contributed by atoms with Crippen LogP contribution < -0.4 is 0 Å². The molecule has 2 fully saturated rings. The van der Waals surface area contributed by atoms with Crippen molar-refractivity contribution in [1.29, 1.82) is 0 Å². The minimum atomic E-state index is 0.465. The Labute approximate surface area is 73.6 Å². The molecule has 0 radical (unpaired) electrons. The van der Waals surface area contributed by atoms with Crippen LogP contribution in [0.2, 0.25) is 0 Å². The number of rotatable bonds is 0. The standard InChI is InChI=1S/C10H15Cl/c1-7-2-8-4-9(3-7)6-10(11)5-8/h8-10H,1-6H2. The van der Waals surface area contributed by atoms with Gasteiger partial charge in [-0.3, -0.25) is 0 Å². The van der Waals surface area contributed by atoms with E-state index in [9.17, 15) is 0 Å². The van der Waals surface area contributed by atoms with Gasteiger partial charge in [0.15, 0.2) is 0 Å². The van der Waals surface area contributed by atoms with Gasteiger partial charge in [-0.25, -0.2) is 0 Å². The molecule has 11 heavy (non-hydrogen) atoms. The second-order valence-corrected chi connectivity index (χ2v) is 4.81. The summed E-state index contributed by atoms with van der Waals surface area (Å²) >= 11 is 6.14. The van der Waals surface area contributed by atoms with Crippen LogP contribution in [-0.2, 0) is 0 Å². The number of alkyl halides is 1. The van der Waals surface area contributed by atoms with E-state index in [0.717, 1.165) is 11.8 Å². The normalized spacial score (nSPS) is 44.1. The molecule has 0 heterocycles. The minimum absolute atomic E-state index is 0.465. The van der Waals surface area contributed by atoms with Crippen molar-refractivity contribution in [2.75, 3.05) is 0 Å². The fraction of sp³-hybridized carbons (Fsp3) is 0.800. The molecule has 1 heteroatoms. The van der Waals surface area contributed by atoms with Crippen molar-refractivity contribution in [1.82, 2.24) is 0 Å². The monoisotopic (exact) mass is 170 g/mol. The smallest absolute Gasteiger partial charge is 0.0341 e. The fourth-order valence-corrected chi connectivity index (χ4v) is 3.22. The van der Waals surface area contributed by atoms with Gasteiger partial charge >= 0.3 is 0 Å². The highest BCUT2D eigenvalue weighted by atomic mass is 35.5. The highest BCUT2D eigenvalue weighted by Gasteiger charge is 2.31. The van der Waals surface area contributed by atoms with Crippen LogP contribution in [0, 0.1) is 11.8 Å². The Morgan fingerprint density at radius 1 is 1.09 bits per heavy atom. The summed E-state index contributed by atoms with van der Waals surface area (Å²) in [5.74, 6) is 1.75. The van der Waals surface area contributed by atoms with Crippen LogP contribution in [0.3, 0.4) is 0 Å². The zero-order valence-electron chi connectivity index (χ0n) is 6.85. The third-order valence-corrected chi connectivity index (χ3v) is 3.36. The molecular formula is C10H15Cl. The van der Waals surface area contributed by atoms with Crippen LogP contribution >= 0.6 is 11.6 Å². The van der Waals surface area contributed by atoms with Gasteiger partial charge in [-0.1, -0.05) is 12.2 Å². The number of hydrogen-bond donors (Lipinski definition) is 0. The van der Waals surface area contributed by atoms with E-state index in [1.165, 1.54) is 37.7 Å². The minimum Gasteiger partial charge on any atom is -0.123 e. The molecule has 62 valence electrons. The summed E-state index contributed by atoms with van der Waals surface area (Å²) in [6.45, 7) is 4.08. The Morgan fingerprint density at radius 3 is 2.18 bits per heavy atom. The van der Waals surface area contributed by atoms with E-state index < -0.39 is 0 Å². The van der Waals surface area contributed by atoms with E-state index >= 15 is 0 Å². The predicted octanol–water partition coefficient (Wildman–Crippen LogP) is 3.36. The Kier molecular flexibility index (Phi) is 1.97. The Morgan fingerprint density at radius 2 is 1.64 bits per heavy atom. The first-order valence-corrected chi connectivity index (χ1v) is 4.98.